The van der Waals surface area contributed by atoms with Crippen LogP contribution in [0.25, 0.3) is 21.8 Å². The second-order valence-corrected chi connectivity index (χ2v) is 10.2. The fourth-order valence-corrected chi connectivity index (χ4v) is 5.39. The average Bonchev–Trinajstić information content (AvgIpc) is 3.19. The molecule has 1 aromatic heterocycles. The SMILES string of the molecule is CCn1c2ccc(C(=O)CN3CCN(C)CC3)cc2c2cc(C(=O)CN3CCN(C)CC3)ccc21. The van der Waals surface area contributed by atoms with Gasteiger partial charge in [0, 0.05) is 91.8 Å². The van der Waals surface area contributed by atoms with Crippen molar-refractivity contribution in [3.05, 3.63) is 47.5 Å². The zero-order chi connectivity index (χ0) is 24.5. The summed E-state index contributed by atoms with van der Waals surface area (Å²) in [4.78, 5) is 35.4. The van der Waals surface area contributed by atoms with Gasteiger partial charge in [-0.3, -0.25) is 19.4 Å². The van der Waals surface area contributed by atoms with E-state index in [4.69, 9.17) is 0 Å². The summed E-state index contributed by atoms with van der Waals surface area (Å²) in [7, 11) is 4.25. The molecule has 0 N–H and O–H groups in total. The lowest BCUT2D eigenvalue weighted by molar-refractivity contribution is 0.0869. The van der Waals surface area contributed by atoms with Crippen LogP contribution in [0.2, 0.25) is 0 Å². The molecular formula is C28H37N5O2. The van der Waals surface area contributed by atoms with Crippen LogP contribution < -0.4 is 0 Å². The van der Waals surface area contributed by atoms with Crippen LogP contribution in [0.5, 0.6) is 0 Å². The maximum absolute atomic E-state index is 13.1. The number of aromatic nitrogens is 1. The van der Waals surface area contributed by atoms with Gasteiger partial charge in [0.05, 0.1) is 13.1 Å². The first kappa shape index (κ1) is 24.1. The second-order valence-electron chi connectivity index (χ2n) is 10.2. The highest BCUT2D eigenvalue weighted by molar-refractivity contribution is 6.13. The Labute approximate surface area is 207 Å². The molecule has 0 amide bonds. The molecule has 0 bridgehead atoms. The van der Waals surface area contributed by atoms with Crippen molar-refractivity contribution in [2.45, 2.75) is 13.5 Å². The third-order valence-electron chi connectivity index (χ3n) is 7.75. The molecule has 186 valence electrons. The number of fused-ring (bicyclic) bond motifs is 3. The molecule has 2 fully saturated rings. The number of hydrogen-bond acceptors (Lipinski definition) is 6. The van der Waals surface area contributed by atoms with Gasteiger partial charge in [-0.15, -0.1) is 0 Å². The quantitative estimate of drug-likeness (QED) is 0.490. The van der Waals surface area contributed by atoms with Crippen LogP contribution >= 0.6 is 0 Å². The molecule has 0 unspecified atom stereocenters. The van der Waals surface area contributed by atoms with E-state index in [9.17, 15) is 9.59 Å². The third kappa shape index (κ3) is 5.05. The van der Waals surface area contributed by atoms with Gasteiger partial charge in [0.25, 0.3) is 0 Å². The number of rotatable bonds is 7. The minimum Gasteiger partial charge on any atom is -0.341 e. The molecule has 3 aromatic rings. The highest BCUT2D eigenvalue weighted by Gasteiger charge is 2.21. The summed E-state index contributed by atoms with van der Waals surface area (Å²) >= 11 is 0. The molecule has 0 atom stereocenters. The first-order valence-corrected chi connectivity index (χ1v) is 12.9. The van der Waals surface area contributed by atoms with E-state index in [2.05, 4.69) is 57.3 Å². The predicted octanol–water partition coefficient (Wildman–Crippen LogP) is 2.67. The molecule has 2 aromatic carbocycles. The molecule has 0 radical (unpaired) electrons. The molecule has 3 heterocycles. The lowest BCUT2D eigenvalue weighted by Crippen LogP contribution is -2.46. The fraction of sp³-hybridized carbons (Fsp3) is 0.500. The summed E-state index contributed by atoms with van der Waals surface area (Å²) in [5.74, 6) is 0.326. The Hall–Kier alpha value is -2.58. The standard InChI is InChI=1S/C28H37N5O2/c1-4-33-25-7-5-21(27(34)19-31-13-9-29(2)10-14-31)17-23(25)24-18-22(6-8-26(24)33)28(35)20-32-15-11-30(3)12-16-32/h5-8,17-18H,4,9-16,19-20H2,1-3H3. The van der Waals surface area contributed by atoms with Crippen LogP contribution in [-0.4, -0.2) is 115 Å². The van der Waals surface area contributed by atoms with E-state index in [-0.39, 0.29) is 11.6 Å². The van der Waals surface area contributed by atoms with Gasteiger partial charge in [0.2, 0.25) is 0 Å². The third-order valence-corrected chi connectivity index (χ3v) is 7.75. The van der Waals surface area contributed by atoms with Crippen LogP contribution in [0, 0.1) is 0 Å². The number of piperazine rings is 2. The summed E-state index contributed by atoms with van der Waals surface area (Å²) in [6, 6.07) is 12.1. The molecule has 0 spiro atoms. The van der Waals surface area contributed by atoms with E-state index in [0.29, 0.717) is 13.1 Å². The topological polar surface area (TPSA) is 52.0 Å². The smallest absolute Gasteiger partial charge is 0.176 e. The number of Topliss-reactive ketones (excluding diaryl/α,β-unsaturated/α-hetero) is 2. The number of aryl methyl sites for hydroxylation is 1. The van der Waals surface area contributed by atoms with Crippen LogP contribution in [0.1, 0.15) is 27.6 Å². The molecule has 2 saturated heterocycles. The van der Waals surface area contributed by atoms with Crippen molar-refractivity contribution in [3.8, 4) is 0 Å². The molecule has 5 rings (SSSR count). The van der Waals surface area contributed by atoms with E-state index in [1.807, 2.05) is 24.3 Å². The lowest BCUT2D eigenvalue weighted by Gasteiger charge is -2.31. The van der Waals surface area contributed by atoms with Gasteiger partial charge >= 0.3 is 0 Å². The highest BCUT2D eigenvalue weighted by atomic mass is 16.1. The zero-order valence-electron chi connectivity index (χ0n) is 21.3. The second kappa shape index (κ2) is 10.2. The van der Waals surface area contributed by atoms with Gasteiger partial charge in [0.15, 0.2) is 11.6 Å². The van der Waals surface area contributed by atoms with Crippen molar-refractivity contribution in [1.82, 2.24) is 24.2 Å². The number of ketones is 2. The maximum Gasteiger partial charge on any atom is 0.176 e. The highest BCUT2D eigenvalue weighted by Crippen LogP contribution is 2.31. The number of benzene rings is 2. The van der Waals surface area contributed by atoms with Gasteiger partial charge in [-0.25, -0.2) is 0 Å². The minimum absolute atomic E-state index is 0.163. The number of likely N-dealkylation sites (N-methyl/N-ethyl adjacent to an activating group) is 2. The molecule has 0 aliphatic carbocycles. The normalized spacial score (nSPS) is 19.1. The summed E-state index contributed by atoms with van der Waals surface area (Å²) in [5, 5.41) is 2.11. The first-order chi connectivity index (χ1) is 16.9. The molecule has 0 saturated carbocycles. The predicted molar refractivity (Wildman–Crippen MR) is 142 cm³/mol. The molecule has 35 heavy (non-hydrogen) atoms. The molecule has 7 nitrogen and oxygen atoms in total. The maximum atomic E-state index is 13.1. The van der Waals surface area contributed by atoms with Crippen molar-refractivity contribution < 1.29 is 9.59 Å². The van der Waals surface area contributed by atoms with E-state index in [1.165, 1.54) is 0 Å². The number of hydrogen-bond donors (Lipinski definition) is 0. The Bertz CT molecular complexity index is 1140. The van der Waals surface area contributed by atoms with Gasteiger partial charge < -0.3 is 14.4 Å². The van der Waals surface area contributed by atoms with Crippen LogP contribution in [0.4, 0.5) is 0 Å². The van der Waals surface area contributed by atoms with Crippen LogP contribution in [0.3, 0.4) is 0 Å². The summed E-state index contributed by atoms with van der Waals surface area (Å²) < 4.78 is 2.27. The van der Waals surface area contributed by atoms with Crippen molar-refractivity contribution >= 4 is 33.4 Å². The Morgan fingerprint density at radius 1 is 0.657 bits per heavy atom. The Kier molecular flexibility index (Phi) is 7.02. The Morgan fingerprint density at radius 3 is 1.43 bits per heavy atom. The summed E-state index contributed by atoms with van der Waals surface area (Å²) in [6.45, 7) is 11.6. The number of nitrogens with zero attached hydrogens (tertiary/aromatic N) is 5. The van der Waals surface area contributed by atoms with Crippen molar-refractivity contribution in [2.75, 3.05) is 79.5 Å². The van der Waals surface area contributed by atoms with Crippen molar-refractivity contribution in [3.63, 3.8) is 0 Å². The number of carbonyl (C=O) groups excluding carboxylic acids is 2. The van der Waals surface area contributed by atoms with Gasteiger partial charge in [-0.2, -0.15) is 0 Å². The first-order valence-electron chi connectivity index (χ1n) is 12.9. The average molecular weight is 476 g/mol. The summed E-state index contributed by atoms with van der Waals surface area (Å²) in [5.41, 5.74) is 3.73. The fourth-order valence-electron chi connectivity index (χ4n) is 5.39. The van der Waals surface area contributed by atoms with E-state index < -0.39 is 0 Å². The monoisotopic (exact) mass is 475 g/mol. The van der Waals surface area contributed by atoms with Gasteiger partial charge in [-0.05, 0) is 57.4 Å². The Balaban J connectivity index is 1.42. The summed E-state index contributed by atoms with van der Waals surface area (Å²) in [6.07, 6.45) is 0. The van der Waals surface area contributed by atoms with Crippen LogP contribution in [0.15, 0.2) is 36.4 Å². The van der Waals surface area contributed by atoms with Crippen molar-refractivity contribution in [2.24, 2.45) is 0 Å². The lowest BCUT2D eigenvalue weighted by atomic mass is 10.0. The molecule has 2 aliphatic rings. The molecule has 2 aliphatic heterocycles. The zero-order valence-corrected chi connectivity index (χ0v) is 21.3. The van der Waals surface area contributed by atoms with Crippen LogP contribution in [-0.2, 0) is 6.54 Å². The minimum atomic E-state index is 0.163. The van der Waals surface area contributed by atoms with E-state index in [0.717, 1.165) is 91.8 Å². The van der Waals surface area contributed by atoms with E-state index >= 15 is 0 Å². The van der Waals surface area contributed by atoms with Gasteiger partial charge in [0.1, 0.15) is 0 Å². The largest absolute Gasteiger partial charge is 0.341 e. The molecular weight excluding hydrogens is 438 g/mol. The molecule has 7 heteroatoms. The van der Waals surface area contributed by atoms with Crippen molar-refractivity contribution in [1.29, 1.82) is 0 Å². The van der Waals surface area contributed by atoms with E-state index in [1.54, 1.807) is 0 Å². The number of carbonyl (C=O) groups is 2. The van der Waals surface area contributed by atoms with Gasteiger partial charge in [-0.1, -0.05) is 0 Å². The Morgan fingerprint density at radius 2 is 1.06 bits per heavy atom.